The normalized spacial score (nSPS) is 20.4. The summed E-state index contributed by atoms with van der Waals surface area (Å²) in [6, 6.07) is 8.02. The summed E-state index contributed by atoms with van der Waals surface area (Å²) in [4.78, 5) is 2.08. The van der Waals surface area contributed by atoms with Crippen molar-refractivity contribution >= 4 is 0 Å². The minimum atomic E-state index is -2.46. The summed E-state index contributed by atoms with van der Waals surface area (Å²) < 4.78 is 26.0. The highest BCUT2D eigenvalue weighted by Gasteiger charge is 2.33. The predicted octanol–water partition coefficient (Wildman–Crippen LogP) is 2.38. The van der Waals surface area contributed by atoms with Crippen LogP contribution in [-0.2, 0) is 13.1 Å². The fourth-order valence-corrected chi connectivity index (χ4v) is 2.15. The molecule has 1 aliphatic heterocycles. The van der Waals surface area contributed by atoms with Gasteiger partial charge in [-0.3, -0.25) is 4.90 Å². The van der Waals surface area contributed by atoms with Crippen LogP contribution in [0.4, 0.5) is 8.78 Å². The molecule has 0 saturated carbocycles. The van der Waals surface area contributed by atoms with Crippen LogP contribution in [-0.4, -0.2) is 23.9 Å². The minimum absolute atomic E-state index is 0.0242. The molecule has 4 heteroatoms. The molecule has 2 rings (SSSR count). The number of rotatable bonds is 3. The molecule has 1 aliphatic rings. The predicted molar refractivity (Wildman–Crippen MR) is 63.8 cm³/mol. The van der Waals surface area contributed by atoms with Crippen LogP contribution in [0.5, 0.6) is 0 Å². The van der Waals surface area contributed by atoms with Crippen molar-refractivity contribution in [2.45, 2.75) is 31.9 Å². The van der Waals surface area contributed by atoms with Crippen LogP contribution in [0.2, 0.25) is 0 Å². The molecule has 2 nitrogen and oxygen atoms in total. The van der Waals surface area contributed by atoms with Gasteiger partial charge in [0.1, 0.15) is 0 Å². The van der Waals surface area contributed by atoms with Crippen LogP contribution in [0.25, 0.3) is 0 Å². The van der Waals surface area contributed by atoms with Gasteiger partial charge >= 0.3 is 0 Å². The summed E-state index contributed by atoms with van der Waals surface area (Å²) in [7, 11) is 0. The monoisotopic (exact) mass is 240 g/mol. The van der Waals surface area contributed by atoms with Crippen molar-refractivity contribution in [3.8, 4) is 0 Å². The van der Waals surface area contributed by atoms with E-state index in [1.165, 1.54) is 0 Å². The van der Waals surface area contributed by atoms with Crippen LogP contribution in [0, 0.1) is 0 Å². The van der Waals surface area contributed by atoms with Gasteiger partial charge in [-0.2, -0.15) is 0 Å². The van der Waals surface area contributed by atoms with Gasteiger partial charge in [-0.25, -0.2) is 8.78 Å². The first-order valence-corrected chi connectivity index (χ1v) is 5.97. The number of benzene rings is 1. The van der Waals surface area contributed by atoms with E-state index in [1.807, 2.05) is 24.3 Å². The van der Waals surface area contributed by atoms with Crippen LogP contribution >= 0.6 is 0 Å². The molecule has 0 bridgehead atoms. The van der Waals surface area contributed by atoms with Crippen LogP contribution in [0.3, 0.4) is 0 Å². The van der Waals surface area contributed by atoms with Gasteiger partial charge in [0.25, 0.3) is 5.92 Å². The van der Waals surface area contributed by atoms with Crippen molar-refractivity contribution in [2.24, 2.45) is 5.73 Å². The van der Waals surface area contributed by atoms with Crippen molar-refractivity contribution in [2.75, 3.05) is 13.1 Å². The van der Waals surface area contributed by atoms with Gasteiger partial charge in [-0.05, 0) is 11.1 Å². The first-order chi connectivity index (χ1) is 8.09. The summed E-state index contributed by atoms with van der Waals surface area (Å²) >= 11 is 0. The van der Waals surface area contributed by atoms with Crippen molar-refractivity contribution < 1.29 is 8.78 Å². The topological polar surface area (TPSA) is 29.3 Å². The van der Waals surface area contributed by atoms with E-state index in [-0.39, 0.29) is 12.8 Å². The maximum absolute atomic E-state index is 13.0. The molecule has 0 unspecified atom stereocenters. The lowest BCUT2D eigenvalue weighted by Gasteiger charge is -2.31. The molecule has 1 aromatic carbocycles. The van der Waals surface area contributed by atoms with Crippen LogP contribution < -0.4 is 5.73 Å². The first-order valence-electron chi connectivity index (χ1n) is 5.97. The average Bonchev–Trinajstić information content (AvgIpc) is 2.32. The largest absolute Gasteiger partial charge is 0.326 e. The molecule has 1 fully saturated rings. The molecule has 0 atom stereocenters. The second-order valence-corrected chi connectivity index (χ2v) is 4.66. The van der Waals surface area contributed by atoms with Gasteiger partial charge in [-0.1, -0.05) is 24.3 Å². The Bertz CT molecular complexity index is 369. The van der Waals surface area contributed by atoms with Gasteiger partial charge < -0.3 is 5.73 Å². The number of alkyl halides is 2. The SMILES string of the molecule is NCc1cccc(CN2CCC(F)(F)CC2)c1. The molecule has 0 aliphatic carbocycles. The number of nitrogens with two attached hydrogens (primary N) is 1. The Kier molecular flexibility index (Phi) is 3.74. The number of halogens is 2. The highest BCUT2D eigenvalue weighted by Crippen LogP contribution is 2.28. The lowest BCUT2D eigenvalue weighted by atomic mass is 10.1. The summed E-state index contributed by atoms with van der Waals surface area (Å²) in [5.41, 5.74) is 7.81. The molecular weight excluding hydrogens is 222 g/mol. The Morgan fingerprint density at radius 1 is 1.18 bits per heavy atom. The van der Waals surface area contributed by atoms with Gasteiger partial charge in [0.15, 0.2) is 0 Å². The van der Waals surface area contributed by atoms with Gasteiger partial charge in [0.2, 0.25) is 0 Å². The Balaban J connectivity index is 1.93. The standard InChI is InChI=1S/C13H18F2N2/c14-13(15)4-6-17(7-5-13)10-12-3-1-2-11(8-12)9-16/h1-3,8H,4-7,9-10,16H2. The second kappa shape index (κ2) is 5.10. The molecular formula is C13H18F2N2. The fraction of sp³-hybridized carbons (Fsp3) is 0.538. The molecule has 1 heterocycles. The van der Waals surface area contributed by atoms with Gasteiger partial charge in [0, 0.05) is 39.0 Å². The number of hydrogen-bond donors (Lipinski definition) is 1. The van der Waals surface area contributed by atoms with Crippen molar-refractivity contribution in [1.82, 2.24) is 4.90 Å². The van der Waals surface area contributed by atoms with Gasteiger partial charge in [0.05, 0.1) is 0 Å². The number of piperidine rings is 1. The molecule has 17 heavy (non-hydrogen) atoms. The van der Waals surface area contributed by atoms with E-state index in [0.29, 0.717) is 19.6 Å². The van der Waals surface area contributed by atoms with E-state index in [2.05, 4.69) is 4.90 Å². The van der Waals surface area contributed by atoms with E-state index < -0.39 is 5.92 Å². The molecule has 0 spiro atoms. The molecule has 0 radical (unpaired) electrons. The molecule has 1 aromatic rings. The smallest absolute Gasteiger partial charge is 0.250 e. The zero-order chi connectivity index (χ0) is 12.3. The fourth-order valence-electron chi connectivity index (χ4n) is 2.15. The number of hydrogen-bond acceptors (Lipinski definition) is 2. The Morgan fingerprint density at radius 3 is 2.47 bits per heavy atom. The molecule has 94 valence electrons. The minimum Gasteiger partial charge on any atom is -0.326 e. The van der Waals surface area contributed by atoms with Crippen molar-refractivity contribution in [1.29, 1.82) is 0 Å². The van der Waals surface area contributed by atoms with Gasteiger partial charge in [-0.15, -0.1) is 0 Å². The zero-order valence-corrected chi connectivity index (χ0v) is 9.83. The molecule has 0 aromatic heterocycles. The Hall–Kier alpha value is -1.00. The maximum Gasteiger partial charge on any atom is 0.250 e. The third-order valence-corrected chi connectivity index (χ3v) is 3.22. The number of nitrogens with zero attached hydrogens (tertiary/aromatic N) is 1. The average molecular weight is 240 g/mol. The van der Waals surface area contributed by atoms with E-state index in [4.69, 9.17) is 5.73 Å². The first kappa shape index (κ1) is 12.5. The van der Waals surface area contributed by atoms with E-state index >= 15 is 0 Å². The summed E-state index contributed by atoms with van der Waals surface area (Å²) in [6.45, 7) is 2.20. The third-order valence-electron chi connectivity index (χ3n) is 3.22. The Morgan fingerprint density at radius 2 is 1.82 bits per heavy atom. The Labute approximate surface area is 100 Å². The summed E-state index contributed by atoms with van der Waals surface area (Å²) in [5.74, 6) is -2.46. The van der Waals surface area contributed by atoms with Crippen molar-refractivity contribution in [3.05, 3.63) is 35.4 Å². The number of likely N-dealkylation sites (tertiary alicyclic amines) is 1. The van der Waals surface area contributed by atoms with Crippen LogP contribution in [0.15, 0.2) is 24.3 Å². The molecule has 1 saturated heterocycles. The summed E-state index contributed by atoms with van der Waals surface area (Å²) in [6.07, 6.45) is -0.0485. The lowest BCUT2D eigenvalue weighted by Crippen LogP contribution is -2.38. The zero-order valence-electron chi connectivity index (χ0n) is 9.83. The van der Waals surface area contributed by atoms with E-state index in [9.17, 15) is 8.78 Å². The quantitative estimate of drug-likeness (QED) is 0.879. The second-order valence-electron chi connectivity index (χ2n) is 4.66. The van der Waals surface area contributed by atoms with Crippen LogP contribution in [0.1, 0.15) is 24.0 Å². The summed E-state index contributed by atoms with van der Waals surface area (Å²) in [5, 5.41) is 0. The molecule has 2 N–H and O–H groups in total. The highest BCUT2D eigenvalue weighted by molar-refractivity contribution is 5.23. The van der Waals surface area contributed by atoms with E-state index in [0.717, 1.165) is 17.7 Å². The third kappa shape index (κ3) is 3.48. The maximum atomic E-state index is 13.0. The highest BCUT2D eigenvalue weighted by atomic mass is 19.3. The van der Waals surface area contributed by atoms with E-state index in [1.54, 1.807) is 0 Å². The van der Waals surface area contributed by atoms with Crippen molar-refractivity contribution in [3.63, 3.8) is 0 Å². The molecule has 0 amide bonds. The lowest BCUT2D eigenvalue weighted by molar-refractivity contribution is -0.0566.